The Labute approximate surface area is 120 Å². The molecule has 0 spiro atoms. The van der Waals surface area contributed by atoms with E-state index in [2.05, 4.69) is 0 Å². The summed E-state index contributed by atoms with van der Waals surface area (Å²) in [6.07, 6.45) is 0.314. The minimum Gasteiger partial charge on any atom is -1.00 e. The lowest BCUT2D eigenvalue weighted by Crippen LogP contribution is -3.00. The molecule has 1 unspecified atom stereocenters. The zero-order valence-electron chi connectivity index (χ0n) is 9.67. The van der Waals surface area contributed by atoms with Gasteiger partial charge in [-0.05, 0) is 11.4 Å². The number of hydrogen-bond acceptors (Lipinski definition) is 5. The summed E-state index contributed by atoms with van der Waals surface area (Å²) in [5.74, 6) is 0.580. The Hall–Kier alpha value is -0.560. The van der Waals surface area contributed by atoms with Gasteiger partial charge in [0.05, 0.1) is 11.8 Å². The summed E-state index contributed by atoms with van der Waals surface area (Å²) in [4.78, 5) is 26.1. The summed E-state index contributed by atoms with van der Waals surface area (Å²) in [6.45, 7) is 0.947. The van der Waals surface area contributed by atoms with Crippen molar-refractivity contribution in [3.05, 3.63) is 22.4 Å². The third kappa shape index (κ3) is 3.47. The molecule has 0 saturated carbocycles. The summed E-state index contributed by atoms with van der Waals surface area (Å²) in [5.41, 5.74) is 5.40. The molecule has 0 aromatic carbocycles. The van der Waals surface area contributed by atoms with Crippen molar-refractivity contribution in [2.75, 3.05) is 12.3 Å². The van der Waals surface area contributed by atoms with Gasteiger partial charge in [0.1, 0.15) is 0 Å². The van der Waals surface area contributed by atoms with E-state index in [0.717, 1.165) is 10.6 Å². The van der Waals surface area contributed by atoms with Crippen molar-refractivity contribution in [3.63, 3.8) is 0 Å². The van der Waals surface area contributed by atoms with E-state index in [-0.39, 0.29) is 29.5 Å². The van der Waals surface area contributed by atoms with Gasteiger partial charge in [-0.15, -0.1) is 23.1 Å². The second-order valence-electron chi connectivity index (χ2n) is 3.75. The summed E-state index contributed by atoms with van der Waals surface area (Å²) >= 11 is 3.04. The average Bonchev–Trinajstić information content (AvgIpc) is 2.90. The van der Waals surface area contributed by atoms with Gasteiger partial charge < -0.3 is 18.1 Å². The van der Waals surface area contributed by atoms with Gasteiger partial charge in [0.2, 0.25) is 11.8 Å². The second-order valence-corrected chi connectivity index (χ2v) is 6.09. The van der Waals surface area contributed by atoms with Gasteiger partial charge in [-0.3, -0.25) is 14.5 Å². The highest BCUT2D eigenvalue weighted by molar-refractivity contribution is 8.00. The molecule has 1 saturated heterocycles. The summed E-state index contributed by atoms with van der Waals surface area (Å²) in [6, 6.07) is 3.86. The monoisotopic (exact) mass is 305 g/mol. The van der Waals surface area contributed by atoms with Crippen LogP contribution in [0.15, 0.2) is 17.5 Å². The van der Waals surface area contributed by atoms with E-state index in [1.54, 1.807) is 11.3 Å². The molecule has 0 aliphatic carbocycles. The lowest BCUT2D eigenvalue weighted by molar-refractivity contribution is -0.138. The van der Waals surface area contributed by atoms with Gasteiger partial charge in [-0.25, -0.2) is 0 Å². The maximum Gasteiger partial charge on any atom is 0.243 e. The number of carbonyl (C=O) groups is 2. The summed E-state index contributed by atoms with van der Waals surface area (Å²) < 4.78 is 0. The van der Waals surface area contributed by atoms with Crippen LogP contribution in [0.4, 0.5) is 0 Å². The number of amides is 2. The van der Waals surface area contributed by atoms with Crippen LogP contribution in [0.3, 0.4) is 0 Å². The molecule has 18 heavy (non-hydrogen) atoms. The topological polar surface area (TPSA) is 63.4 Å². The number of rotatable bonds is 5. The molecule has 2 heterocycles. The van der Waals surface area contributed by atoms with Crippen LogP contribution in [-0.2, 0) is 16.1 Å². The minimum absolute atomic E-state index is 0. The number of nitrogens with zero attached hydrogens (tertiary/aromatic N) is 1. The van der Waals surface area contributed by atoms with Crippen LogP contribution >= 0.6 is 23.1 Å². The molecule has 1 aliphatic rings. The first-order chi connectivity index (χ1) is 8.22. The molecular weight excluding hydrogens is 292 g/mol. The minimum atomic E-state index is -0.231. The average molecular weight is 306 g/mol. The van der Waals surface area contributed by atoms with Crippen LogP contribution in [0.1, 0.15) is 11.3 Å². The highest BCUT2D eigenvalue weighted by Crippen LogP contribution is 2.26. The van der Waals surface area contributed by atoms with Crippen molar-refractivity contribution >= 4 is 34.9 Å². The van der Waals surface area contributed by atoms with Crippen molar-refractivity contribution in [2.24, 2.45) is 5.73 Å². The van der Waals surface area contributed by atoms with Gasteiger partial charge in [0, 0.05) is 23.6 Å². The Morgan fingerprint density at radius 3 is 2.89 bits per heavy atom. The lowest BCUT2D eigenvalue weighted by atomic mass is 10.4. The number of carbonyl (C=O) groups excluding carboxylic acids is 2. The molecular formula is C11H14ClN2O2S2-. The van der Waals surface area contributed by atoms with Crippen LogP contribution in [0.2, 0.25) is 0 Å². The first-order valence-corrected chi connectivity index (χ1v) is 7.33. The Morgan fingerprint density at radius 2 is 2.28 bits per heavy atom. The van der Waals surface area contributed by atoms with Crippen LogP contribution in [0.5, 0.6) is 0 Å². The van der Waals surface area contributed by atoms with E-state index < -0.39 is 0 Å². The number of nitrogens with two attached hydrogens (primary N) is 1. The van der Waals surface area contributed by atoms with E-state index in [0.29, 0.717) is 19.5 Å². The van der Waals surface area contributed by atoms with Crippen LogP contribution in [0.25, 0.3) is 0 Å². The molecule has 0 radical (unpaired) electrons. The number of likely N-dealkylation sites (tertiary alicyclic amines) is 1. The van der Waals surface area contributed by atoms with Crippen molar-refractivity contribution < 1.29 is 22.0 Å². The molecule has 1 fully saturated rings. The van der Waals surface area contributed by atoms with Gasteiger partial charge in [-0.1, -0.05) is 6.07 Å². The first-order valence-electron chi connectivity index (χ1n) is 5.40. The molecule has 2 N–H and O–H groups in total. The number of thiophene rings is 1. The molecule has 0 bridgehead atoms. The van der Waals surface area contributed by atoms with Gasteiger partial charge in [-0.2, -0.15) is 0 Å². The fraction of sp³-hybridized carbons (Fsp3) is 0.455. The maximum atomic E-state index is 12.0. The second kappa shape index (κ2) is 7.13. The molecule has 2 amide bonds. The molecule has 1 aromatic rings. The first kappa shape index (κ1) is 15.5. The van der Waals surface area contributed by atoms with Crippen molar-refractivity contribution in [1.29, 1.82) is 0 Å². The Kier molecular flexibility index (Phi) is 6.14. The SMILES string of the molecule is NCCSC1CC(=O)N(Cc2cccs2)C1=O.[Cl-]. The molecule has 4 nitrogen and oxygen atoms in total. The molecule has 1 aromatic heterocycles. The number of hydrogen-bond donors (Lipinski definition) is 1. The van der Waals surface area contributed by atoms with Crippen molar-refractivity contribution in [3.8, 4) is 0 Å². The zero-order chi connectivity index (χ0) is 12.3. The maximum absolute atomic E-state index is 12.0. The molecule has 1 atom stereocenters. The van der Waals surface area contributed by atoms with Gasteiger partial charge >= 0.3 is 0 Å². The normalized spacial score (nSPS) is 19.2. The van der Waals surface area contributed by atoms with Gasteiger partial charge in [0.25, 0.3) is 0 Å². The Balaban J connectivity index is 0.00000162. The highest BCUT2D eigenvalue weighted by atomic mass is 35.5. The number of thioether (sulfide) groups is 1. The molecule has 2 rings (SSSR count). The third-order valence-electron chi connectivity index (χ3n) is 2.53. The Bertz CT molecular complexity index is 411. The van der Waals surface area contributed by atoms with Gasteiger partial charge in [0.15, 0.2) is 0 Å². The Morgan fingerprint density at radius 1 is 1.50 bits per heavy atom. The van der Waals surface area contributed by atoms with Crippen molar-refractivity contribution in [1.82, 2.24) is 4.90 Å². The van der Waals surface area contributed by atoms with Crippen molar-refractivity contribution in [2.45, 2.75) is 18.2 Å². The highest BCUT2D eigenvalue weighted by Gasteiger charge is 2.38. The summed E-state index contributed by atoms with van der Waals surface area (Å²) in [7, 11) is 0. The van der Waals surface area contributed by atoms with E-state index in [9.17, 15) is 9.59 Å². The molecule has 1 aliphatic heterocycles. The smallest absolute Gasteiger partial charge is 0.243 e. The van der Waals surface area contributed by atoms with E-state index in [1.807, 2.05) is 17.5 Å². The number of halogens is 1. The van der Waals surface area contributed by atoms with E-state index in [4.69, 9.17) is 5.73 Å². The fourth-order valence-electron chi connectivity index (χ4n) is 1.72. The fourth-order valence-corrected chi connectivity index (χ4v) is 3.36. The van der Waals surface area contributed by atoms with Crippen LogP contribution in [0, 0.1) is 0 Å². The van der Waals surface area contributed by atoms with Crippen LogP contribution in [-0.4, -0.2) is 34.3 Å². The standard InChI is InChI=1S/C11H14N2O2S2.ClH/c12-3-5-17-9-6-10(14)13(11(9)15)7-8-2-1-4-16-8;/h1-2,4,9H,3,5-7,12H2;1H/p-1. The molecule has 100 valence electrons. The summed E-state index contributed by atoms with van der Waals surface area (Å²) in [5, 5.41) is 1.71. The largest absolute Gasteiger partial charge is 1.00 e. The third-order valence-corrected chi connectivity index (χ3v) is 4.64. The van der Waals surface area contributed by atoms with Crippen LogP contribution < -0.4 is 18.1 Å². The van der Waals surface area contributed by atoms with E-state index >= 15 is 0 Å². The number of imide groups is 1. The zero-order valence-corrected chi connectivity index (χ0v) is 12.1. The quantitative estimate of drug-likeness (QED) is 0.644. The van der Waals surface area contributed by atoms with E-state index in [1.165, 1.54) is 16.7 Å². The predicted octanol–water partition coefficient (Wildman–Crippen LogP) is -1.93. The molecule has 7 heteroatoms. The lowest BCUT2D eigenvalue weighted by Gasteiger charge is -2.13. The predicted molar refractivity (Wildman–Crippen MR) is 69.8 cm³/mol.